The van der Waals surface area contributed by atoms with Gasteiger partial charge in [-0.2, -0.15) is 0 Å². The molecule has 2 rings (SSSR count). The Balaban J connectivity index is 2.12. The summed E-state index contributed by atoms with van der Waals surface area (Å²) in [5, 5.41) is 0. The second-order valence-corrected chi connectivity index (χ2v) is 5.43. The number of amides is 1. The van der Waals surface area contributed by atoms with Gasteiger partial charge in [0, 0.05) is 19.0 Å². The van der Waals surface area contributed by atoms with E-state index >= 15 is 0 Å². The lowest BCUT2D eigenvalue weighted by Crippen LogP contribution is -2.40. The second kappa shape index (κ2) is 6.07. The predicted octanol–water partition coefficient (Wildman–Crippen LogP) is 2.30. The first-order valence-electron chi connectivity index (χ1n) is 6.95. The number of hydrogen-bond acceptors (Lipinski definition) is 3. The molecule has 1 aliphatic rings. The first-order valence-corrected chi connectivity index (χ1v) is 6.95. The molecule has 0 aliphatic carbocycles. The van der Waals surface area contributed by atoms with E-state index in [1.165, 1.54) is 12.7 Å². The van der Waals surface area contributed by atoms with Crippen LogP contribution >= 0.6 is 0 Å². The van der Waals surface area contributed by atoms with E-state index in [2.05, 4.69) is 0 Å². The van der Waals surface area contributed by atoms with E-state index in [0.29, 0.717) is 13.0 Å². The van der Waals surface area contributed by atoms with Crippen LogP contribution in [0.4, 0.5) is 0 Å². The summed E-state index contributed by atoms with van der Waals surface area (Å²) in [6.45, 7) is 4.43. The van der Waals surface area contributed by atoms with Gasteiger partial charge in [0.1, 0.15) is 0 Å². The molecule has 1 aromatic rings. The van der Waals surface area contributed by atoms with E-state index in [9.17, 15) is 9.59 Å². The van der Waals surface area contributed by atoms with Crippen LogP contribution in [0.5, 0.6) is 0 Å². The highest BCUT2D eigenvalue weighted by molar-refractivity contribution is 5.81. The van der Waals surface area contributed by atoms with Gasteiger partial charge in [-0.3, -0.25) is 9.59 Å². The Morgan fingerprint density at radius 3 is 2.65 bits per heavy atom. The summed E-state index contributed by atoms with van der Waals surface area (Å²) in [6, 6.07) is 8.07. The molecule has 1 aromatic carbocycles. The lowest BCUT2D eigenvalue weighted by molar-refractivity contribution is -0.147. The molecule has 1 aliphatic heterocycles. The van der Waals surface area contributed by atoms with Crippen molar-refractivity contribution in [1.29, 1.82) is 0 Å². The number of benzene rings is 1. The average molecular weight is 275 g/mol. The van der Waals surface area contributed by atoms with Gasteiger partial charge in [-0.25, -0.2) is 0 Å². The molecule has 1 saturated heterocycles. The number of hydrogen-bond donors (Lipinski definition) is 0. The lowest BCUT2D eigenvalue weighted by atomic mass is 9.99. The van der Waals surface area contributed by atoms with Gasteiger partial charge >= 0.3 is 5.97 Å². The second-order valence-electron chi connectivity index (χ2n) is 5.43. The molecule has 0 spiro atoms. The van der Waals surface area contributed by atoms with Gasteiger partial charge in [0.25, 0.3) is 0 Å². The molecule has 2 atom stereocenters. The maximum atomic E-state index is 12.0. The Bertz CT molecular complexity index is 495. The summed E-state index contributed by atoms with van der Waals surface area (Å²) in [5.41, 5.74) is 2.29. The summed E-state index contributed by atoms with van der Waals surface area (Å²) in [6.07, 6.45) is 1.23. The van der Waals surface area contributed by atoms with Gasteiger partial charge in [-0.05, 0) is 25.8 Å². The highest BCUT2D eigenvalue weighted by Crippen LogP contribution is 2.27. The molecular formula is C16H21NO3. The largest absolute Gasteiger partial charge is 0.469 e. The monoisotopic (exact) mass is 275 g/mol. The first-order chi connectivity index (χ1) is 9.52. The minimum Gasteiger partial charge on any atom is -0.469 e. The van der Waals surface area contributed by atoms with Crippen molar-refractivity contribution >= 4 is 11.9 Å². The summed E-state index contributed by atoms with van der Waals surface area (Å²) in [4.78, 5) is 25.5. The molecule has 20 heavy (non-hydrogen) atoms. The smallest absolute Gasteiger partial charge is 0.310 e. The van der Waals surface area contributed by atoms with Crippen LogP contribution in [0, 0.1) is 12.8 Å². The van der Waals surface area contributed by atoms with Crippen molar-refractivity contribution < 1.29 is 14.3 Å². The van der Waals surface area contributed by atoms with Crippen molar-refractivity contribution in [3.63, 3.8) is 0 Å². The zero-order chi connectivity index (χ0) is 14.7. The molecule has 1 amide bonds. The zero-order valence-electron chi connectivity index (χ0n) is 12.3. The van der Waals surface area contributed by atoms with E-state index < -0.39 is 0 Å². The van der Waals surface area contributed by atoms with Crippen LogP contribution < -0.4 is 0 Å². The molecule has 4 nitrogen and oxygen atoms in total. The van der Waals surface area contributed by atoms with Crippen LogP contribution in [0.1, 0.15) is 30.9 Å². The average Bonchev–Trinajstić information content (AvgIpc) is 2.81. The van der Waals surface area contributed by atoms with Crippen molar-refractivity contribution in [3.05, 3.63) is 35.4 Å². The number of likely N-dealkylation sites (tertiary alicyclic amines) is 1. The van der Waals surface area contributed by atoms with E-state index in [1.807, 2.05) is 43.0 Å². The molecular weight excluding hydrogens is 254 g/mol. The molecule has 0 radical (unpaired) electrons. The van der Waals surface area contributed by atoms with Crippen LogP contribution in [0.3, 0.4) is 0 Å². The zero-order valence-corrected chi connectivity index (χ0v) is 12.3. The first kappa shape index (κ1) is 14.6. The molecule has 108 valence electrons. The fraction of sp³-hybridized carbons (Fsp3) is 0.500. The SMILES string of the molecule is COC(=O)C(C)C1CCC(=O)N1Cc1ccc(C)cc1. The van der Waals surface area contributed by atoms with Crippen LogP contribution in [0.25, 0.3) is 0 Å². The quantitative estimate of drug-likeness (QED) is 0.792. The van der Waals surface area contributed by atoms with Gasteiger partial charge < -0.3 is 9.64 Å². The van der Waals surface area contributed by atoms with Gasteiger partial charge in [-0.1, -0.05) is 29.8 Å². The van der Waals surface area contributed by atoms with Crippen molar-refractivity contribution in [3.8, 4) is 0 Å². The molecule has 1 fully saturated rings. The number of methoxy groups -OCH3 is 1. The number of rotatable bonds is 4. The molecule has 0 aromatic heterocycles. The van der Waals surface area contributed by atoms with Crippen molar-refractivity contribution in [1.82, 2.24) is 4.90 Å². The summed E-state index contributed by atoms with van der Waals surface area (Å²) in [5.74, 6) is -0.415. The minimum atomic E-state index is -0.281. The topological polar surface area (TPSA) is 46.6 Å². The highest BCUT2D eigenvalue weighted by atomic mass is 16.5. The van der Waals surface area contributed by atoms with E-state index in [4.69, 9.17) is 4.74 Å². The van der Waals surface area contributed by atoms with Gasteiger partial charge in [0.05, 0.1) is 13.0 Å². The molecule has 4 heteroatoms. The highest BCUT2D eigenvalue weighted by Gasteiger charge is 2.37. The van der Waals surface area contributed by atoms with Crippen molar-refractivity contribution in [2.24, 2.45) is 5.92 Å². The Kier molecular flexibility index (Phi) is 4.42. The van der Waals surface area contributed by atoms with Gasteiger partial charge in [-0.15, -0.1) is 0 Å². The summed E-state index contributed by atoms with van der Waals surface area (Å²) < 4.78 is 4.80. The number of carbonyl (C=O) groups is 2. The van der Waals surface area contributed by atoms with Crippen LogP contribution in [0.15, 0.2) is 24.3 Å². The van der Waals surface area contributed by atoms with Gasteiger partial charge in [0.15, 0.2) is 0 Å². The van der Waals surface area contributed by atoms with E-state index in [1.54, 1.807) is 0 Å². The van der Waals surface area contributed by atoms with Crippen LogP contribution in [0.2, 0.25) is 0 Å². The van der Waals surface area contributed by atoms with E-state index in [0.717, 1.165) is 12.0 Å². The molecule has 0 bridgehead atoms. The minimum absolute atomic E-state index is 0.0590. The number of carbonyl (C=O) groups excluding carboxylic acids is 2. The van der Waals surface area contributed by atoms with Crippen LogP contribution in [-0.4, -0.2) is 29.9 Å². The molecule has 1 heterocycles. The summed E-state index contributed by atoms with van der Waals surface area (Å²) in [7, 11) is 1.39. The van der Waals surface area contributed by atoms with Crippen LogP contribution in [-0.2, 0) is 20.9 Å². The third kappa shape index (κ3) is 3.00. The van der Waals surface area contributed by atoms with E-state index in [-0.39, 0.29) is 23.8 Å². The lowest BCUT2D eigenvalue weighted by Gasteiger charge is -2.28. The molecule has 0 saturated carbocycles. The standard InChI is InChI=1S/C16H21NO3/c1-11-4-6-13(7-5-11)10-17-14(8-9-15(17)18)12(2)16(19)20-3/h4-7,12,14H,8-10H2,1-3H3. The third-order valence-electron chi connectivity index (χ3n) is 4.00. The Morgan fingerprint density at radius 2 is 2.05 bits per heavy atom. The Hall–Kier alpha value is -1.84. The van der Waals surface area contributed by atoms with Crippen molar-refractivity contribution in [2.75, 3.05) is 7.11 Å². The Labute approximate surface area is 119 Å². The van der Waals surface area contributed by atoms with Crippen molar-refractivity contribution in [2.45, 2.75) is 39.3 Å². The maximum Gasteiger partial charge on any atom is 0.310 e. The molecule has 0 N–H and O–H groups in total. The predicted molar refractivity (Wildman–Crippen MR) is 75.9 cm³/mol. The summed E-state index contributed by atoms with van der Waals surface area (Å²) >= 11 is 0. The molecule has 2 unspecified atom stereocenters. The number of nitrogens with zero attached hydrogens (tertiary/aromatic N) is 1. The number of esters is 1. The van der Waals surface area contributed by atoms with Gasteiger partial charge in [0.2, 0.25) is 5.91 Å². The Morgan fingerprint density at radius 1 is 1.40 bits per heavy atom. The maximum absolute atomic E-state index is 12.0. The fourth-order valence-electron chi connectivity index (χ4n) is 2.71. The normalized spacial score (nSPS) is 20.1. The third-order valence-corrected chi connectivity index (χ3v) is 4.00. The number of aryl methyl sites for hydroxylation is 1. The number of ether oxygens (including phenoxy) is 1. The fourth-order valence-corrected chi connectivity index (χ4v) is 2.71.